The molecule has 0 atom stereocenters. The summed E-state index contributed by atoms with van der Waals surface area (Å²) in [6, 6.07) is 33.6. The molecule has 0 saturated heterocycles. The van der Waals surface area contributed by atoms with Gasteiger partial charge < -0.3 is 0 Å². The molecule has 0 aliphatic rings. The zero-order valence-corrected chi connectivity index (χ0v) is 27.7. The Labute approximate surface area is 255 Å². The van der Waals surface area contributed by atoms with E-state index in [0.717, 1.165) is 32.1 Å². The van der Waals surface area contributed by atoms with Gasteiger partial charge in [-0.15, -0.1) is 0 Å². The largest absolute Gasteiger partial charge is 0.0683 e. The van der Waals surface area contributed by atoms with Crippen molar-refractivity contribution in [2.24, 2.45) is 0 Å². The monoisotopic (exact) mass is 556 g/mol. The molecule has 0 unspecified atom stereocenters. The third kappa shape index (κ3) is 6.39. The standard InChI is InChI=1S/C20H22.C18H18.2C2H6/c1-4-14-9-7-11-17-16(6-3)18-12-8-10-15(5-2)20(18)13-19(14)17;1-3-13-15-9-5-7-11-17(15)14(4-2)18-12-8-6-10-16(13)18;2*1-2/h7-13H,4-6H2,1-3H3;5-12H,3-4H2,1-2H3;2*1-2H3. The maximum atomic E-state index is 2.42. The summed E-state index contributed by atoms with van der Waals surface area (Å²) < 4.78 is 0. The third-order valence-corrected chi connectivity index (χ3v) is 8.31. The van der Waals surface area contributed by atoms with E-state index in [2.05, 4.69) is 126 Å². The third-order valence-electron chi connectivity index (χ3n) is 8.31. The summed E-state index contributed by atoms with van der Waals surface area (Å²) in [7, 11) is 0. The number of hydrogen-bond donors (Lipinski definition) is 0. The fourth-order valence-electron chi connectivity index (χ4n) is 6.45. The molecule has 0 heterocycles. The van der Waals surface area contributed by atoms with Crippen LogP contribution in [0.3, 0.4) is 0 Å². The predicted molar refractivity (Wildman–Crippen MR) is 192 cm³/mol. The summed E-state index contributed by atoms with van der Waals surface area (Å²) in [4.78, 5) is 0. The second-order valence-corrected chi connectivity index (χ2v) is 10.2. The Morgan fingerprint density at radius 3 is 0.833 bits per heavy atom. The highest BCUT2D eigenvalue weighted by Gasteiger charge is 2.11. The van der Waals surface area contributed by atoms with Gasteiger partial charge in [-0.05, 0) is 109 Å². The lowest BCUT2D eigenvalue weighted by atomic mass is 9.90. The van der Waals surface area contributed by atoms with E-state index in [1.165, 1.54) is 70.9 Å². The molecule has 0 amide bonds. The van der Waals surface area contributed by atoms with Crippen LogP contribution in [-0.2, 0) is 32.1 Å². The van der Waals surface area contributed by atoms with Crippen molar-refractivity contribution in [3.05, 3.63) is 119 Å². The van der Waals surface area contributed by atoms with E-state index in [9.17, 15) is 0 Å². The Balaban J connectivity index is 0.000000207. The SMILES string of the molecule is CC.CC.CCc1c2ccccc2c(CC)c2ccccc12.CCc1cccc2c(CC)c3cccc(CC)c3cc12. The quantitative estimate of drug-likeness (QED) is 0.185. The van der Waals surface area contributed by atoms with Gasteiger partial charge in [0.1, 0.15) is 0 Å². The van der Waals surface area contributed by atoms with E-state index >= 15 is 0 Å². The van der Waals surface area contributed by atoms with E-state index in [4.69, 9.17) is 0 Å². The number of fused-ring (bicyclic) bond motifs is 4. The summed E-state index contributed by atoms with van der Waals surface area (Å²) in [5, 5.41) is 11.5. The van der Waals surface area contributed by atoms with Gasteiger partial charge in [0.25, 0.3) is 0 Å². The van der Waals surface area contributed by atoms with Gasteiger partial charge in [0.05, 0.1) is 0 Å². The summed E-state index contributed by atoms with van der Waals surface area (Å²) in [6.45, 7) is 19.3. The van der Waals surface area contributed by atoms with Gasteiger partial charge in [-0.1, -0.05) is 147 Å². The molecular formula is C42H52. The van der Waals surface area contributed by atoms with Crippen LogP contribution in [0.2, 0.25) is 0 Å². The fourth-order valence-corrected chi connectivity index (χ4v) is 6.45. The molecule has 0 spiro atoms. The molecule has 0 radical (unpaired) electrons. The van der Waals surface area contributed by atoms with Crippen LogP contribution < -0.4 is 0 Å². The normalized spacial score (nSPS) is 10.5. The molecular weight excluding hydrogens is 504 g/mol. The topological polar surface area (TPSA) is 0 Å². The molecule has 6 aromatic carbocycles. The maximum absolute atomic E-state index is 2.42. The van der Waals surface area contributed by atoms with E-state index in [0.29, 0.717) is 0 Å². The number of hydrogen-bond acceptors (Lipinski definition) is 0. The number of aryl methyl sites for hydroxylation is 5. The van der Waals surface area contributed by atoms with Crippen LogP contribution in [0.25, 0.3) is 43.1 Å². The van der Waals surface area contributed by atoms with E-state index in [1.54, 1.807) is 0 Å². The van der Waals surface area contributed by atoms with Crippen molar-refractivity contribution in [3.8, 4) is 0 Å². The lowest BCUT2D eigenvalue weighted by molar-refractivity contribution is 1.14. The highest BCUT2D eigenvalue weighted by molar-refractivity contribution is 6.06. The average molecular weight is 557 g/mol. The molecule has 0 saturated carbocycles. The van der Waals surface area contributed by atoms with Gasteiger partial charge in [-0.3, -0.25) is 0 Å². The minimum Gasteiger partial charge on any atom is -0.0683 e. The van der Waals surface area contributed by atoms with Crippen molar-refractivity contribution in [2.75, 3.05) is 0 Å². The number of rotatable bonds is 5. The molecule has 0 aliphatic heterocycles. The van der Waals surface area contributed by atoms with Crippen LogP contribution >= 0.6 is 0 Å². The van der Waals surface area contributed by atoms with Crippen molar-refractivity contribution in [3.63, 3.8) is 0 Å². The van der Waals surface area contributed by atoms with Gasteiger partial charge >= 0.3 is 0 Å². The first kappa shape index (κ1) is 32.9. The maximum Gasteiger partial charge on any atom is -0.0143 e. The fraction of sp³-hybridized carbons (Fsp3) is 0.333. The van der Waals surface area contributed by atoms with Gasteiger partial charge in [0.2, 0.25) is 0 Å². The zero-order chi connectivity index (χ0) is 30.6. The zero-order valence-electron chi connectivity index (χ0n) is 27.7. The minimum absolute atomic E-state index is 1.09. The molecule has 0 fully saturated rings. The molecule has 6 rings (SSSR count). The lowest BCUT2D eigenvalue weighted by Gasteiger charge is -2.14. The second-order valence-electron chi connectivity index (χ2n) is 10.2. The van der Waals surface area contributed by atoms with Crippen LogP contribution in [0, 0.1) is 0 Å². The molecule has 0 nitrogen and oxygen atoms in total. The van der Waals surface area contributed by atoms with Gasteiger partial charge in [-0.25, -0.2) is 0 Å². The summed E-state index contributed by atoms with van der Waals surface area (Å²) >= 11 is 0. The van der Waals surface area contributed by atoms with Crippen LogP contribution in [0.4, 0.5) is 0 Å². The van der Waals surface area contributed by atoms with Crippen molar-refractivity contribution in [2.45, 2.75) is 94.4 Å². The van der Waals surface area contributed by atoms with Crippen LogP contribution in [-0.4, -0.2) is 0 Å². The first-order valence-corrected chi connectivity index (χ1v) is 16.5. The molecule has 42 heavy (non-hydrogen) atoms. The van der Waals surface area contributed by atoms with Crippen LogP contribution in [0.15, 0.2) is 91.0 Å². The van der Waals surface area contributed by atoms with Crippen LogP contribution in [0.1, 0.15) is 90.1 Å². The lowest BCUT2D eigenvalue weighted by Crippen LogP contribution is -1.93. The molecule has 0 heteroatoms. The Hall–Kier alpha value is -3.64. The Morgan fingerprint density at radius 1 is 0.310 bits per heavy atom. The first-order chi connectivity index (χ1) is 20.7. The van der Waals surface area contributed by atoms with E-state index in [1.807, 2.05) is 27.7 Å². The minimum atomic E-state index is 1.09. The molecule has 0 aliphatic carbocycles. The van der Waals surface area contributed by atoms with Crippen molar-refractivity contribution in [1.82, 2.24) is 0 Å². The average Bonchev–Trinajstić information content (AvgIpc) is 3.07. The van der Waals surface area contributed by atoms with Gasteiger partial charge in [0.15, 0.2) is 0 Å². The second kappa shape index (κ2) is 16.1. The van der Waals surface area contributed by atoms with Crippen molar-refractivity contribution in [1.29, 1.82) is 0 Å². The molecule has 220 valence electrons. The van der Waals surface area contributed by atoms with Crippen molar-refractivity contribution >= 4 is 43.1 Å². The summed E-state index contributed by atoms with van der Waals surface area (Å²) in [5.74, 6) is 0. The van der Waals surface area contributed by atoms with E-state index < -0.39 is 0 Å². The molecule has 6 aromatic rings. The summed E-state index contributed by atoms with van der Waals surface area (Å²) in [5.41, 5.74) is 7.40. The Morgan fingerprint density at radius 2 is 0.571 bits per heavy atom. The highest BCUT2D eigenvalue weighted by Crippen LogP contribution is 2.34. The van der Waals surface area contributed by atoms with E-state index in [-0.39, 0.29) is 0 Å². The highest BCUT2D eigenvalue weighted by atomic mass is 14.2. The smallest absolute Gasteiger partial charge is 0.0143 e. The van der Waals surface area contributed by atoms with Crippen LogP contribution in [0.5, 0.6) is 0 Å². The molecule has 0 N–H and O–H groups in total. The number of benzene rings is 6. The predicted octanol–water partition coefficient (Wildman–Crippen LogP) is 12.9. The molecule has 0 bridgehead atoms. The van der Waals surface area contributed by atoms with Gasteiger partial charge in [-0.2, -0.15) is 0 Å². The molecule has 0 aromatic heterocycles. The Bertz CT molecular complexity index is 1550. The first-order valence-electron chi connectivity index (χ1n) is 16.5. The Kier molecular flexibility index (Phi) is 12.6. The van der Waals surface area contributed by atoms with Crippen molar-refractivity contribution < 1.29 is 0 Å². The summed E-state index contributed by atoms with van der Waals surface area (Å²) in [6.07, 6.45) is 5.46. The van der Waals surface area contributed by atoms with Gasteiger partial charge in [0, 0.05) is 0 Å².